The molecule has 1 aliphatic rings. The molecule has 1 fully saturated rings. The Kier molecular flexibility index (Phi) is 3.30. The van der Waals surface area contributed by atoms with Crippen LogP contribution in [-0.4, -0.2) is 38.6 Å². The fourth-order valence-electron chi connectivity index (χ4n) is 2.09. The van der Waals surface area contributed by atoms with E-state index in [-0.39, 0.29) is 5.54 Å². The molecule has 1 saturated heterocycles. The van der Waals surface area contributed by atoms with Crippen LogP contribution in [0.15, 0.2) is 0 Å². The molecular formula is C10H21IN2. The molecule has 0 saturated carbocycles. The average molecular weight is 296 g/mol. The second kappa shape index (κ2) is 3.66. The Hall–Kier alpha value is 0.650. The summed E-state index contributed by atoms with van der Waals surface area (Å²) < 4.78 is 0.530. The first-order chi connectivity index (χ1) is 5.76. The Morgan fingerprint density at radius 1 is 1.08 bits per heavy atom. The first-order valence-electron chi connectivity index (χ1n) is 4.91. The summed E-state index contributed by atoms with van der Waals surface area (Å²) in [6.45, 7) is 11.5. The second-order valence-electron chi connectivity index (χ2n) is 5.04. The van der Waals surface area contributed by atoms with Gasteiger partial charge in [0.05, 0.1) is 0 Å². The first-order valence-corrected chi connectivity index (χ1v) is 6.16. The molecule has 2 unspecified atom stereocenters. The summed E-state index contributed by atoms with van der Waals surface area (Å²) in [5.41, 5.74) is 0.268. The molecule has 0 spiro atoms. The van der Waals surface area contributed by atoms with Gasteiger partial charge in [-0.05, 0) is 64.3 Å². The summed E-state index contributed by atoms with van der Waals surface area (Å²) in [4.78, 5) is 5.02. The predicted octanol–water partition coefficient (Wildman–Crippen LogP) is 2.53. The summed E-state index contributed by atoms with van der Waals surface area (Å²) in [7, 11) is 2.21. The molecule has 0 N–H and O–H groups in total. The van der Waals surface area contributed by atoms with Crippen molar-refractivity contribution in [3.05, 3.63) is 0 Å². The van der Waals surface area contributed by atoms with Crippen molar-refractivity contribution in [3.63, 3.8) is 0 Å². The van der Waals surface area contributed by atoms with Crippen molar-refractivity contribution in [1.82, 2.24) is 9.80 Å². The smallest absolute Gasteiger partial charge is 0.117 e. The Labute approximate surface area is 95.8 Å². The number of nitrogens with zero attached hydrogens (tertiary/aromatic N) is 2. The first kappa shape index (κ1) is 11.7. The number of hydrogen-bond acceptors (Lipinski definition) is 2. The van der Waals surface area contributed by atoms with Crippen molar-refractivity contribution >= 4 is 22.6 Å². The molecule has 3 atom stereocenters. The van der Waals surface area contributed by atoms with Gasteiger partial charge in [-0.15, -0.1) is 0 Å². The van der Waals surface area contributed by atoms with Crippen LogP contribution in [0.5, 0.6) is 0 Å². The van der Waals surface area contributed by atoms with Crippen LogP contribution in [0.3, 0.4) is 0 Å². The zero-order valence-electron chi connectivity index (χ0n) is 9.50. The third-order valence-electron chi connectivity index (χ3n) is 3.12. The van der Waals surface area contributed by atoms with Gasteiger partial charge in [0.25, 0.3) is 0 Å². The normalized spacial score (nSPS) is 38.5. The van der Waals surface area contributed by atoms with Gasteiger partial charge in [0.2, 0.25) is 0 Å². The summed E-state index contributed by atoms with van der Waals surface area (Å²) in [6.07, 6.45) is 0. The third-order valence-corrected chi connectivity index (χ3v) is 4.60. The van der Waals surface area contributed by atoms with E-state index in [2.05, 4.69) is 74.1 Å². The highest BCUT2D eigenvalue weighted by Gasteiger charge is 2.43. The van der Waals surface area contributed by atoms with Gasteiger partial charge in [0.1, 0.15) is 4.17 Å². The van der Waals surface area contributed by atoms with Crippen LogP contribution >= 0.6 is 22.6 Å². The van der Waals surface area contributed by atoms with Gasteiger partial charge in [-0.1, -0.05) is 0 Å². The molecule has 0 amide bonds. The minimum Gasteiger partial charge on any atom is -0.278 e. The summed E-state index contributed by atoms with van der Waals surface area (Å²) in [5.74, 6) is 0. The van der Waals surface area contributed by atoms with Gasteiger partial charge in [0.15, 0.2) is 0 Å². The third kappa shape index (κ3) is 2.02. The van der Waals surface area contributed by atoms with Gasteiger partial charge < -0.3 is 0 Å². The Bertz CT molecular complexity index is 174. The highest BCUT2D eigenvalue weighted by molar-refractivity contribution is 14.1. The molecule has 1 heterocycles. The van der Waals surface area contributed by atoms with E-state index in [1.807, 2.05) is 0 Å². The zero-order chi connectivity index (χ0) is 10.4. The lowest BCUT2D eigenvalue weighted by molar-refractivity contribution is 0.107. The highest BCUT2D eigenvalue weighted by atomic mass is 127. The van der Waals surface area contributed by atoms with Crippen molar-refractivity contribution in [3.8, 4) is 0 Å². The largest absolute Gasteiger partial charge is 0.278 e. The van der Waals surface area contributed by atoms with Crippen molar-refractivity contribution in [2.45, 2.75) is 56.4 Å². The molecule has 0 aromatic carbocycles. The van der Waals surface area contributed by atoms with Crippen molar-refractivity contribution < 1.29 is 0 Å². The Morgan fingerprint density at radius 2 is 1.54 bits per heavy atom. The minimum atomic E-state index is 0.268. The van der Waals surface area contributed by atoms with E-state index < -0.39 is 0 Å². The van der Waals surface area contributed by atoms with E-state index in [4.69, 9.17) is 0 Å². The Morgan fingerprint density at radius 3 is 1.69 bits per heavy atom. The molecule has 1 aliphatic heterocycles. The number of likely N-dealkylation sites (N-methyl/N-ethyl adjacent to an activating group) is 1. The van der Waals surface area contributed by atoms with E-state index in [0.717, 1.165) is 0 Å². The van der Waals surface area contributed by atoms with Crippen LogP contribution in [0.1, 0.15) is 34.6 Å². The average Bonchev–Trinajstić information content (AvgIpc) is 2.14. The van der Waals surface area contributed by atoms with E-state index in [0.29, 0.717) is 16.3 Å². The maximum atomic E-state index is 2.58. The Balaban J connectivity index is 2.88. The van der Waals surface area contributed by atoms with Gasteiger partial charge in [-0.25, -0.2) is 0 Å². The molecule has 0 aliphatic carbocycles. The lowest BCUT2D eigenvalue weighted by Gasteiger charge is -2.38. The standard InChI is InChI=1S/C10H21IN2/c1-7-8(2)13(10(3,4)5)9(11)12(7)6/h7-9H,1-6H3/t7-,8?,9?/m0/s1. The van der Waals surface area contributed by atoms with Crippen LogP contribution in [0.2, 0.25) is 0 Å². The fourth-order valence-corrected chi connectivity index (χ4v) is 3.94. The summed E-state index contributed by atoms with van der Waals surface area (Å²) in [5, 5.41) is 0. The van der Waals surface area contributed by atoms with Gasteiger partial charge >= 0.3 is 0 Å². The molecule has 0 aromatic heterocycles. The van der Waals surface area contributed by atoms with Gasteiger partial charge in [-0.2, -0.15) is 0 Å². The minimum absolute atomic E-state index is 0.268. The molecular weight excluding hydrogens is 275 g/mol. The van der Waals surface area contributed by atoms with Crippen LogP contribution in [-0.2, 0) is 0 Å². The van der Waals surface area contributed by atoms with Crippen LogP contribution < -0.4 is 0 Å². The molecule has 78 valence electrons. The number of rotatable bonds is 0. The summed E-state index contributed by atoms with van der Waals surface area (Å²) in [6, 6.07) is 1.30. The van der Waals surface area contributed by atoms with Crippen LogP contribution in [0.4, 0.5) is 0 Å². The van der Waals surface area contributed by atoms with Crippen LogP contribution in [0, 0.1) is 0 Å². The lowest BCUT2D eigenvalue weighted by Crippen LogP contribution is -2.48. The highest BCUT2D eigenvalue weighted by Crippen LogP contribution is 2.34. The van der Waals surface area contributed by atoms with Crippen molar-refractivity contribution in [1.29, 1.82) is 0 Å². The number of alkyl halides is 1. The monoisotopic (exact) mass is 296 g/mol. The van der Waals surface area contributed by atoms with Crippen molar-refractivity contribution in [2.75, 3.05) is 7.05 Å². The maximum Gasteiger partial charge on any atom is 0.117 e. The SMILES string of the molecule is CC1[C@H](C)N(C)C(I)N1C(C)(C)C. The molecule has 0 radical (unpaired) electrons. The zero-order valence-corrected chi connectivity index (χ0v) is 11.7. The van der Waals surface area contributed by atoms with Gasteiger partial charge in [-0.3, -0.25) is 9.80 Å². The van der Waals surface area contributed by atoms with Crippen molar-refractivity contribution in [2.24, 2.45) is 0 Å². The number of halogens is 1. The van der Waals surface area contributed by atoms with E-state index in [1.54, 1.807) is 0 Å². The topological polar surface area (TPSA) is 6.48 Å². The molecule has 3 heteroatoms. The second-order valence-corrected chi connectivity index (χ2v) is 6.15. The maximum absolute atomic E-state index is 2.58. The molecule has 1 rings (SSSR count). The molecule has 13 heavy (non-hydrogen) atoms. The van der Waals surface area contributed by atoms with E-state index in [9.17, 15) is 0 Å². The molecule has 2 nitrogen and oxygen atoms in total. The molecule has 0 bridgehead atoms. The predicted molar refractivity (Wildman–Crippen MR) is 66.1 cm³/mol. The molecule has 0 aromatic rings. The van der Waals surface area contributed by atoms with E-state index >= 15 is 0 Å². The van der Waals surface area contributed by atoms with E-state index in [1.165, 1.54) is 0 Å². The number of hydrogen-bond donors (Lipinski definition) is 0. The quantitative estimate of drug-likeness (QED) is 0.385. The van der Waals surface area contributed by atoms with Crippen LogP contribution in [0.25, 0.3) is 0 Å². The summed E-state index contributed by atoms with van der Waals surface area (Å²) >= 11 is 2.53. The fraction of sp³-hybridized carbons (Fsp3) is 1.00. The van der Waals surface area contributed by atoms with Gasteiger partial charge in [0, 0.05) is 17.6 Å². The lowest BCUT2D eigenvalue weighted by atomic mass is 10.0.